The van der Waals surface area contributed by atoms with E-state index in [4.69, 9.17) is 4.74 Å². The van der Waals surface area contributed by atoms with Crippen LogP contribution in [0.5, 0.6) is 5.75 Å². The van der Waals surface area contributed by atoms with Gasteiger partial charge in [0.1, 0.15) is 12.4 Å². The predicted octanol–water partition coefficient (Wildman–Crippen LogP) is 3.08. The van der Waals surface area contributed by atoms with Crippen molar-refractivity contribution < 1.29 is 14.3 Å². The van der Waals surface area contributed by atoms with Crippen molar-refractivity contribution in [3.05, 3.63) is 59.2 Å². The Bertz CT molecular complexity index is 841. The van der Waals surface area contributed by atoms with Crippen LogP contribution in [0.2, 0.25) is 0 Å². The molecule has 0 saturated heterocycles. The quantitative estimate of drug-likeness (QED) is 0.890. The minimum atomic E-state index is -0.175. The Labute approximate surface area is 152 Å². The maximum atomic E-state index is 12.4. The van der Waals surface area contributed by atoms with E-state index >= 15 is 0 Å². The maximum absolute atomic E-state index is 12.4. The highest BCUT2D eigenvalue weighted by atomic mass is 16.5. The summed E-state index contributed by atoms with van der Waals surface area (Å²) < 4.78 is 5.74. The minimum Gasteiger partial charge on any atom is -0.492 e. The molecule has 2 aromatic carbocycles. The van der Waals surface area contributed by atoms with Crippen molar-refractivity contribution in [2.45, 2.75) is 32.2 Å². The van der Waals surface area contributed by atoms with Gasteiger partial charge in [-0.25, -0.2) is 0 Å². The van der Waals surface area contributed by atoms with Gasteiger partial charge in [-0.3, -0.25) is 9.59 Å². The zero-order chi connectivity index (χ0) is 18.1. The standard InChI is InChI=1S/C21H22N2O3/c1-13-2-4-14(5-3-13)20(24)23-18-8-9-19-15(11-18)10-16(12-26-19)21(25)22-17-6-7-17/h2-5,8-9,11,16-17H,6-7,10,12H2,1H3,(H,22,25)(H,23,24). The molecule has 1 unspecified atom stereocenters. The first kappa shape index (κ1) is 16.6. The van der Waals surface area contributed by atoms with Crippen molar-refractivity contribution in [1.82, 2.24) is 5.32 Å². The summed E-state index contributed by atoms with van der Waals surface area (Å²) in [4.78, 5) is 24.7. The van der Waals surface area contributed by atoms with Gasteiger partial charge >= 0.3 is 0 Å². The van der Waals surface area contributed by atoms with Gasteiger partial charge in [-0.1, -0.05) is 17.7 Å². The van der Waals surface area contributed by atoms with Crippen LogP contribution in [0.4, 0.5) is 5.69 Å². The lowest BCUT2D eigenvalue weighted by molar-refractivity contribution is -0.126. The maximum Gasteiger partial charge on any atom is 0.255 e. The summed E-state index contributed by atoms with van der Waals surface area (Å²) >= 11 is 0. The lowest BCUT2D eigenvalue weighted by Gasteiger charge is -2.25. The van der Waals surface area contributed by atoms with Crippen molar-refractivity contribution in [1.29, 1.82) is 0 Å². The van der Waals surface area contributed by atoms with Crippen molar-refractivity contribution in [3.8, 4) is 5.75 Å². The first-order chi connectivity index (χ1) is 12.6. The highest BCUT2D eigenvalue weighted by Gasteiger charge is 2.30. The topological polar surface area (TPSA) is 67.4 Å². The molecule has 134 valence electrons. The van der Waals surface area contributed by atoms with Crippen molar-refractivity contribution in [2.75, 3.05) is 11.9 Å². The van der Waals surface area contributed by atoms with Gasteiger partial charge in [0.05, 0.1) is 5.92 Å². The molecule has 1 heterocycles. The Balaban J connectivity index is 1.45. The minimum absolute atomic E-state index is 0.0623. The smallest absolute Gasteiger partial charge is 0.255 e. The molecular formula is C21H22N2O3. The first-order valence-electron chi connectivity index (χ1n) is 9.02. The van der Waals surface area contributed by atoms with Crippen LogP contribution in [0, 0.1) is 12.8 Å². The molecule has 1 aliphatic carbocycles. The summed E-state index contributed by atoms with van der Waals surface area (Å²) in [6, 6.07) is 13.4. The number of benzene rings is 2. The van der Waals surface area contributed by atoms with Gasteiger partial charge < -0.3 is 15.4 Å². The molecule has 0 radical (unpaired) electrons. The van der Waals surface area contributed by atoms with E-state index in [2.05, 4.69) is 10.6 Å². The van der Waals surface area contributed by atoms with Crippen LogP contribution in [-0.4, -0.2) is 24.5 Å². The van der Waals surface area contributed by atoms with Crippen molar-refractivity contribution in [3.63, 3.8) is 0 Å². The molecule has 1 atom stereocenters. The molecule has 2 aromatic rings. The lowest BCUT2D eigenvalue weighted by atomic mass is 9.95. The molecule has 5 heteroatoms. The molecule has 2 aliphatic rings. The number of anilines is 1. The summed E-state index contributed by atoms with van der Waals surface area (Å²) in [5.74, 6) is 0.525. The highest BCUT2D eigenvalue weighted by Crippen LogP contribution is 2.31. The number of hydrogen-bond acceptors (Lipinski definition) is 3. The lowest BCUT2D eigenvalue weighted by Crippen LogP contribution is -2.38. The molecule has 5 nitrogen and oxygen atoms in total. The van der Waals surface area contributed by atoms with Crippen LogP contribution < -0.4 is 15.4 Å². The second-order valence-corrected chi connectivity index (χ2v) is 7.14. The fourth-order valence-electron chi connectivity index (χ4n) is 3.10. The molecule has 2 N–H and O–H groups in total. The highest BCUT2D eigenvalue weighted by molar-refractivity contribution is 6.04. The normalized spacial score (nSPS) is 18.4. The van der Waals surface area contributed by atoms with Gasteiger partial charge in [-0.15, -0.1) is 0 Å². The van der Waals surface area contributed by atoms with E-state index in [1.807, 2.05) is 49.4 Å². The molecule has 4 rings (SSSR count). The zero-order valence-corrected chi connectivity index (χ0v) is 14.7. The SMILES string of the molecule is Cc1ccc(C(=O)Nc2ccc3c(c2)CC(C(=O)NC2CC2)CO3)cc1. The Morgan fingerprint density at radius 3 is 2.58 bits per heavy atom. The first-order valence-corrected chi connectivity index (χ1v) is 9.02. The molecule has 26 heavy (non-hydrogen) atoms. The number of ether oxygens (including phenoxy) is 1. The van der Waals surface area contributed by atoms with E-state index in [0.717, 1.165) is 29.7 Å². The van der Waals surface area contributed by atoms with Gasteiger partial charge in [-0.05, 0) is 62.1 Å². The van der Waals surface area contributed by atoms with Crippen molar-refractivity contribution >= 4 is 17.5 Å². The number of fused-ring (bicyclic) bond motifs is 1. The van der Waals surface area contributed by atoms with Crippen LogP contribution in [0.15, 0.2) is 42.5 Å². The average molecular weight is 350 g/mol. The van der Waals surface area contributed by atoms with E-state index < -0.39 is 0 Å². The third kappa shape index (κ3) is 3.72. The van der Waals surface area contributed by atoms with Crippen LogP contribution in [-0.2, 0) is 11.2 Å². The van der Waals surface area contributed by atoms with Crippen LogP contribution in [0.3, 0.4) is 0 Å². The third-order valence-corrected chi connectivity index (χ3v) is 4.83. The summed E-state index contributed by atoms with van der Waals surface area (Å²) in [5, 5.41) is 5.96. The number of carbonyl (C=O) groups excluding carboxylic acids is 2. The summed E-state index contributed by atoms with van der Waals surface area (Å²) in [5.41, 5.74) is 3.39. The van der Waals surface area contributed by atoms with Crippen molar-refractivity contribution in [2.24, 2.45) is 5.92 Å². The van der Waals surface area contributed by atoms with E-state index in [-0.39, 0.29) is 17.7 Å². The molecule has 1 fully saturated rings. The Morgan fingerprint density at radius 1 is 1.08 bits per heavy atom. The Kier molecular flexibility index (Phi) is 4.37. The van der Waals surface area contributed by atoms with E-state index in [9.17, 15) is 9.59 Å². The predicted molar refractivity (Wildman–Crippen MR) is 99.4 cm³/mol. The molecule has 0 spiro atoms. The van der Waals surface area contributed by atoms with Gasteiger partial charge in [0.15, 0.2) is 0 Å². The number of nitrogens with one attached hydrogen (secondary N) is 2. The fourth-order valence-corrected chi connectivity index (χ4v) is 3.10. The molecule has 0 aromatic heterocycles. The largest absolute Gasteiger partial charge is 0.492 e. The van der Waals surface area contributed by atoms with Gasteiger partial charge in [0.2, 0.25) is 5.91 Å². The van der Waals surface area contributed by atoms with E-state index in [1.165, 1.54) is 0 Å². The van der Waals surface area contributed by atoms with E-state index in [0.29, 0.717) is 30.3 Å². The Morgan fingerprint density at radius 2 is 1.85 bits per heavy atom. The Hall–Kier alpha value is -2.82. The number of amides is 2. The molecule has 1 aliphatic heterocycles. The number of aryl methyl sites for hydroxylation is 1. The van der Waals surface area contributed by atoms with Gasteiger partial charge in [-0.2, -0.15) is 0 Å². The van der Waals surface area contributed by atoms with E-state index in [1.54, 1.807) is 0 Å². The summed E-state index contributed by atoms with van der Waals surface area (Å²) in [6.45, 7) is 2.39. The molecule has 1 saturated carbocycles. The monoisotopic (exact) mass is 350 g/mol. The van der Waals surface area contributed by atoms with Crippen LogP contribution in [0.1, 0.15) is 34.3 Å². The zero-order valence-electron chi connectivity index (χ0n) is 14.7. The summed E-state index contributed by atoms with van der Waals surface area (Å²) in [7, 11) is 0. The van der Waals surface area contributed by atoms with Gasteiger partial charge in [0, 0.05) is 17.3 Å². The average Bonchev–Trinajstić information content (AvgIpc) is 3.45. The number of rotatable bonds is 4. The van der Waals surface area contributed by atoms with Gasteiger partial charge in [0.25, 0.3) is 5.91 Å². The second kappa shape index (κ2) is 6.83. The second-order valence-electron chi connectivity index (χ2n) is 7.14. The van der Waals surface area contributed by atoms with Crippen LogP contribution >= 0.6 is 0 Å². The summed E-state index contributed by atoms with van der Waals surface area (Å²) in [6.07, 6.45) is 2.78. The third-order valence-electron chi connectivity index (χ3n) is 4.83. The molecule has 2 amide bonds. The van der Waals surface area contributed by atoms with Crippen LogP contribution in [0.25, 0.3) is 0 Å². The molecule has 0 bridgehead atoms. The number of hydrogen-bond donors (Lipinski definition) is 2. The molecular weight excluding hydrogens is 328 g/mol. The fraction of sp³-hybridized carbons (Fsp3) is 0.333. The number of carbonyl (C=O) groups is 2.